The summed E-state index contributed by atoms with van der Waals surface area (Å²) < 4.78 is 15.9. The molecular weight excluding hydrogens is 242 g/mol. The summed E-state index contributed by atoms with van der Waals surface area (Å²) in [5.41, 5.74) is 0.700. The van der Waals surface area contributed by atoms with Gasteiger partial charge in [0, 0.05) is 5.02 Å². The maximum Gasteiger partial charge on any atom is 0.305 e. The maximum atomic E-state index is 5.94. The van der Waals surface area contributed by atoms with E-state index in [1.807, 2.05) is 6.92 Å². The second-order valence-corrected chi connectivity index (χ2v) is 3.70. The standard InChI is InChI=1S/C12H12ClNO3/c1-3-16-11-7-14-12(17-11)9-6-8(13)4-5-10(9)15-2/h4-7H,3H2,1-2H3. The minimum Gasteiger partial charge on any atom is -0.496 e. The van der Waals surface area contributed by atoms with Crippen molar-refractivity contribution < 1.29 is 13.9 Å². The fourth-order valence-corrected chi connectivity index (χ4v) is 1.61. The molecule has 0 aliphatic rings. The third-order valence-corrected chi connectivity index (χ3v) is 2.40. The lowest BCUT2D eigenvalue weighted by Gasteiger charge is -2.05. The first-order chi connectivity index (χ1) is 8.24. The van der Waals surface area contributed by atoms with Gasteiger partial charge in [-0.05, 0) is 25.1 Å². The molecule has 0 saturated carbocycles. The van der Waals surface area contributed by atoms with Crippen LogP contribution >= 0.6 is 11.6 Å². The minimum absolute atomic E-state index is 0.379. The molecule has 0 saturated heterocycles. The lowest BCUT2D eigenvalue weighted by Crippen LogP contribution is -1.88. The second kappa shape index (κ2) is 5.10. The smallest absolute Gasteiger partial charge is 0.305 e. The van der Waals surface area contributed by atoms with Gasteiger partial charge in [0.2, 0.25) is 5.89 Å². The molecule has 0 spiro atoms. The average molecular weight is 254 g/mol. The summed E-state index contributed by atoms with van der Waals surface area (Å²) in [5.74, 6) is 1.46. The van der Waals surface area contributed by atoms with E-state index in [2.05, 4.69) is 4.98 Å². The Bertz CT molecular complexity index is 510. The zero-order valence-corrected chi connectivity index (χ0v) is 10.3. The zero-order valence-electron chi connectivity index (χ0n) is 9.57. The number of rotatable bonds is 4. The largest absolute Gasteiger partial charge is 0.496 e. The predicted molar refractivity (Wildman–Crippen MR) is 64.7 cm³/mol. The van der Waals surface area contributed by atoms with E-state index in [9.17, 15) is 0 Å². The van der Waals surface area contributed by atoms with E-state index in [0.717, 1.165) is 0 Å². The van der Waals surface area contributed by atoms with Gasteiger partial charge in [-0.25, -0.2) is 4.98 Å². The number of aromatic nitrogens is 1. The first kappa shape index (κ1) is 11.8. The summed E-state index contributed by atoms with van der Waals surface area (Å²) in [5, 5.41) is 0.594. The zero-order chi connectivity index (χ0) is 12.3. The van der Waals surface area contributed by atoms with Crippen molar-refractivity contribution in [2.75, 3.05) is 13.7 Å². The van der Waals surface area contributed by atoms with Crippen LogP contribution in [0.5, 0.6) is 11.7 Å². The summed E-state index contributed by atoms with van der Waals surface area (Å²) >= 11 is 5.94. The summed E-state index contributed by atoms with van der Waals surface area (Å²) in [4.78, 5) is 4.12. The lowest BCUT2D eigenvalue weighted by molar-refractivity contribution is 0.260. The quantitative estimate of drug-likeness (QED) is 0.838. The van der Waals surface area contributed by atoms with Crippen LogP contribution in [0, 0.1) is 0 Å². The minimum atomic E-state index is 0.379. The molecule has 4 nitrogen and oxygen atoms in total. The molecule has 0 aliphatic heterocycles. The van der Waals surface area contributed by atoms with Crippen LogP contribution < -0.4 is 9.47 Å². The van der Waals surface area contributed by atoms with Gasteiger partial charge in [-0.3, -0.25) is 0 Å². The highest BCUT2D eigenvalue weighted by Gasteiger charge is 2.13. The highest BCUT2D eigenvalue weighted by Crippen LogP contribution is 2.33. The molecule has 0 radical (unpaired) electrons. The molecule has 1 aromatic heterocycles. The molecule has 90 valence electrons. The molecule has 0 atom stereocenters. The monoisotopic (exact) mass is 253 g/mol. The molecule has 17 heavy (non-hydrogen) atoms. The first-order valence-corrected chi connectivity index (χ1v) is 5.55. The van der Waals surface area contributed by atoms with E-state index in [1.54, 1.807) is 25.3 Å². The molecule has 0 aliphatic carbocycles. The lowest BCUT2D eigenvalue weighted by atomic mass is 10.2. The van der Waals surface area contributed by atoms with Gasteiger partial charge in [0.05, 0.1) is 19.3 Å². The Morgan fingerprint density at radius 3 is 2.94 bits per heavy atom. The third-order valence-electron chi connectivity index (χ3n) is 2.16. The number of oxazole rings is 1. The van der Waals surface area contributed by atoms with Crippen LogP contribution in [0.4, 0.5) is 0 Å². The Kier molecular flexibility index (Phi) is 3.54. The molecule has 1 aromatic carbocycles. The van der Waals surface area contributed by atoms with Crippen LogP contribution in [0.2, 0.25) is 5.02 Å². The van der Waals surface area contributed by atoms with Crippen molar-refractivity contribution in [3.8, 4) is 23.1 Å². The molecule has 1 heterocycles. The van der Waals surface area contributed by atoms with E-state index >= 15 is 0 Å². The highest BCUT2D eigenvalue weighted by atomic mass is 35.5. The third kappa shape index (κ3) is 2.53. The molecule has 0 unspecified atom stereocenters. The van der Waals surface area contributed by atoms with E-state index in [4.69, 9.17) is 25.5 Å². The Hall–Kier alpha value is -1.68. The van der Waals surface area contributed by atoms with Crippen molar-refractivity contribution in [1.82, 2.24) is 4.98 Å². The average Bonchev–Trinajstić information content (AvgIpc) is 2.78. The Morgan fingerprint density at radius 2 is 2.24 bits per heavy atom. The molecule has 5 heteroatoms. The van der Waals surface area contributed by atoms with Crippen LogP contribution in [0.25, 0.3) is 11.5 Å². The van der Waals surface area contributed by atoms with Gasteiger partial charge >= 0.3 is 5.95 Å². The van der Waals surface area contributed by atoms with Crippen molar-refractivity contribution in [3.05, 3.63) is 29.4 Å². The van der Waals surface area contributed by atoms with E-state index in [0.29, 0.717) is 34.8 Å². The van der Waals surface area contributed by atoms with Gasteiger partial charge in [0.1, 0.15) is 11.9 Å². The molecule has 0 bridgehead atoms. The van der Waals surface area contributed by atoms with Gasteiger partial charge in [-0.2, -0.15) is 0 Å². The highest BCUT2D eigenvalue weighted by molar-refractivity contribution is 6.30. The van der Waals surface area contributed by atoms with Crippen LogP contribution in [-0.2, 0) is 0 Å². The van der Waals surface area contributed by atoms with E-state index in [-0.39, 0.29) is 0 Å². The Morgan fingerprint density at radius 1 is 1.41 bits per heavy atom. The number of methoxy groups -OCH3 is 1. The number of hydrogen-bond acceptors (Lipinski definition) is 4. The number of ether oxygens (including phenoxy) is 2. The normalized spacial score (nSPS) is 10.3. The number of benzene rings is 1. The SMILES string of the molecule is CCOc1cnc(-c2cc(Cl)ccc2OC)o1. The van der Waals surface area contributed by atoms with Gasteiger partial charge in [-0.1, -0.05) is 11.6 Å². The van der Waals surface area contributed by atoms with Crippen molar-refractivity contribution in [1.29, 1.82) is 0 Å². The Labute approximate surface area is 104 Å². The Balaban J connectivity index is 2.40. The summed E-state index contributed by atoms with van der Waals surface area (Å²) in [6.07, 6.45) is 1.53. The van der Waals surface area contributed by atoms with Crippen molar-refractivity contribution >= 4 is 11.6 Å². The van der Waals surface area contributed by atoms with Crippen molar-refractivity contribution in [2.45, 2.75) is 6.92 Å². The van der Waals surface area contributed by atoms with Crippen LogP contribution in [0.3, 0.4) is 0 Å². The summed E-state index contributed by atoms with van der Waals surface area (Å²) in [6, 6.07) is 5.25. The fourth-order valence-electron chi connectivity index (χ4n) is 1.44. The fraction of sp³-hybridized carbons (Fsp3) is 0.250. The van der Waals surface area contributed by atoms with Crippen molar-refractivity contribution in [3.63, 3.8) is 0 Å². The molecule has 0 amide bonds. The molecule has 2 rings (SSSR count). The molecule has 0 fully saturated rings. The van der Waals surface area contributed by atoms with Gasteiger partial charge in [0.25, 0.3) is 0 Å². The topological polar surface area (TPSA) is 44.5 Å². The van der Waals surface area contributed by atoms with Crippen molar-refractivity contribution in [2.24, 2.45) is 0 Å². The van der Waals surface area contributed by atoms with Crippen LogP contribution in [0.15, 0.2) is 28.8 Å². The van der Waals surface area contributed by atoms with Crippen LogP contribution in [-0.4, -0.2) is 18.7 Å². The second-order valence-electron chi connectivity index (χ2n) is 3.26. The van der Waals surface area contributed by atoms with Crippen LogP contribution in [0.1, 0.15) is 6.92 Å². The number of hydrogen-bond donors (Lipinski definition) is 0. The molecule has 0 N–H and O–H groups in total. The van der Waals surface area contributed by atoms with Gasteiger partial charge in [-0.15, -0.1) is 0 Å². The first-order valence-electron chi connectivity index (χ1n) is 5.17. The van der Waals surface area contributed by atoms with Gasteiger partial charge in [0.15, 0.2) is 0 Å². The van der Waals surface area contributed by atoms with E-state index < -0.39 is 0 Å². The number of nitrogens with zero attached hydrogens (tertiary/aromatic N) is 1. The number of halogens is 1. The maximum absolute atomic E-state index is 5.94. The van der Waals surface area contributed by atoms with Gasteiger partial charge < -0.3 is 13.9 Å². The molecular formula is C12H12ClNO3. The van der Waals surface area contributed by atoms with E-state index in [1.165, 1.54) is 6.20 Å². The molecule has 2 aromatic rings. The summed E-state index contributed by atoms with van der Waals surface area (Å²) in [6.45, 7) is 2.41. The summed E-state index contributed by atoms with van der Waals surface area (Å²) in [7, 11) is 1.58. The predicted octanol–water partition coefficient (Wildman–Crippen LogP) is 3.40.